The van der Waals surface area contributed by atoms with Crippen molar-refractivity contribution in [3.63, 3.8) is 0 Å². The highest BCUT2D eigenvalue weighted by Crippen LogP contribution is 2.25. The summed E-state index contributed by atoms with van der Waals surface area (Å²) in [4.78, 5) is 0. The first-order valence-electron chi connectivity index (χ1n) is 8.96. The van der Waals surface area contributed by atoms with Crippen LogP contribution in [-0.4, -0.2) is 28.1 Å². The Kier molecular flexibility index (Phi) is 8.38. The maximum Gasteiger partial charge on any atom is 0.0708 e. The minimum Gasteiger partial charge on any atom is -0.317 e. The molecule has 1 rings (SSSR count). The van der Waals surface area contributed by atoms with Crippen LogP contribution in [0.1, 0.15) is 66.7 Å². The lowest BCUT2D eigenvalue weighted by atomic mass is 9.96. The van der Waals surface area contributed by atoms with Gasteiger partial charge in [0.05, 0.1) is 8.31 Å². The lowest BCUT2D eigenvalue weighted by Gasteiger charge is -2.36. The van der Waals surface area contributed by atoms with Crippen LogP contribution in [0.4, 0.5) is 0 Å². The number of hydrogen-bond donors (Lipinski definition) is 1. The van der Waals surface area contributed by atoms with E-state index in [2.05, 4.69) is 45.6 Å². The summed E-state index contributed by atoms with van der Waals surface area (Å²) in [5, 5.41) is 3.99. The van der Waals surface area contributed by atoms with Crippen LogP contribution < -0.4 is 5.32 Å². The Bertz CT molecular complexity index is 279. The van der Waals surface area contributed by atoms with Crippen molar-refractivity contribution >= 4 is 15.9 Å². The van der Waals surface area contributed by atoms with Gasteiger partial charge in [0.15, 0.2) is 0 Å². The van der Waals surface area contributed by atoms with E-state index in [0.717, 1.165) is 6.04 Å². The summed E-state index contributed by atoms with van der Waals surface area (Å²) >= 11 is 0. The molecule has 1 unspecified atom stereocenters. The van der Waals surface area contributed by atoms with E-state index in [9.17, 15) is 0 Å². The van der Waals surface area contributed by atoms with E-state index in [1.807, 2.05) is 0 Å². The molecule has 0 spiro atoms. The van der Waals surface area contributed by atoms with Crippen LogP contribution >= 0.6 is 0 Å². The van der Waals surface area contributed by atoms with Crippen LogP contribution in [0.2, 0.25) is 18.1 Å². The van der Waals surface area contributed by atoms with Crippen LogP contribution in [0.25, 0.3) is 0 Å². The molecule has 0 amide bonds. The molecule has 0 aromatic heterocycles. The zero-order chi connectivity index (χ0) is 15.0. The Hall–Kier alpha value is 0.134. The summed E-state index contributed by atoms with van der Waals surface area (Å²) in [5.41, 5.74) is 4.30. The van der Waals surface area contributed by atoms with E-state index in [4.69, 9.17) is 0 Å². The second-order valence-electron chi connectivity index (χ2n) is 7.02. The van der Waals surface area contributed by atoms with Crippen molar-refractivity contribution in [1.82, 2.24) is 5.32 Å². The first kappa shape index (κ1) is 18.2. The van der Waals surface area contributed by atoms with Crippen molar-refractivity contribution < 1.29 is 0 Å². The van der Waals surface area contributed by atoms with Crippen LogP contribution in [0.3, 0.4) is 0 Å². The average molecular weight is 312 g/mol. The summed E-state index contributed by atoms with van der Waals surface area (Å²) in [6.07, 6.45) is 8.58. The minimum atomic E-state index is -0.994. The monoisotopic (exact) mass is 311 g/mol. The van der Waals surface area contributed by atoms with Gasteiger partial charge in [-0.3, -0.25) is 0 Å². The largest absolute Gasteiger partial charge is 0.317 e. The molecule has 0 radical (unpaired) electrons. The molecule has 0 bridgehead atoms. The Morgan fingerprint density at radius 1 is 1.05 bits per heavy atom. The second-order valence-corrected chi connectivity index (χ2v) is 19.7. The van der Waals surface area contributed by atoms with Gasteiger partial charge in [-0.15, -0.1) is 5.70 Å². The topological polar surface area (TPSA) is 12.0 Å². The molecule has 3 heteroatoms. The summed E-state index contributed by atoms with van der Waals surface area (Å²) in [7, 11) is -1.74. The molecule has 1 N–H and O–H groups in total. The predicted octanol–water partition coefficient (Wildman–Crippen LogP) is 4.77. The average Bonchev–Trinajstić information content (AvgIpc) is 2.47. The molecule has 1 aliphatic rings. The molecule has 1 aliphatic carbocycles. The van der Waals surface area contributed by atoms with Gasteiger partial charge in [0, 0.05) is 13.6 Å². The molecule has 0 aliphatic heterocycles. The third-order valence-corrected chi connectivity index (χ3v) is 22.7. The van der Waals surface area contributed by atoms with Crippen molar-refractivity contribution in [2.24, 2.45) is 0 Å². The molecule has 118 valence electrons. The molecule has 0 saturated heterocycles. The van der Waals surface area contributed by atoms with E-state index in [1.165, 1.54) is 56.4 Å². The second kappa shape index (κ2) is 9.21. The maximum atomic E-state index is 3.99. The number of nitrogens with one attached hydrogen (secondary N) is 1. The Morgan fingerprint density at radius 2 is 1.60 bits per heavy atom. The SMILES string of the molecule is CC[Si](CC)(CC)[SiH](C=C(C)C)CNC1CCCCC1. The molecule has 0 heterocycles. The highest BCUT2D eigenvalue weighted by atomic mass is 29.2. The Morgan fingerprint density at radius 3 is 2.05 bits per heavy atom. The Balaban J connectivity index is 2.70. The van der Waals surface area contributed by atoms with Gasteiger partial charge in [-0.1, -0.05) is 63.7 Å². The van der Waals surface area contributed by atoms with Crippen molar-refractivity contribution in [2.45, 2.75) is 90.9 Å². The van der Waals surface area contributed by atoms with E-state index in [-0.39, 0.29) is 0 Å². The van der Waals surface area contributed by atoms with Gasteiger partial charge >= 0.3 is 0 Å². The van der Waals surface area contributed by atoms with Crippen molar-refractivity contribution in [3.05, 3.63) is 11.3 Å². The fraction of sp³-hybridized carbons (Fsp3) is 0.882. The zero-order valence-corrected chi connectivity index (χ0v) is 16.8. The standard InChI is InChI=1S/C17H37NSi2/c1-6-20(7-2,8-3)19(14-16(4)5)15-18-17-12-10-9-11-13-17/h14,17-19H,6-13,15H2,1-5H3. The van der Waals surface area contributed by atoms with Gasteiger partial charge in [0.25, 0.3) is 0 Å². The first-order chi connectivity index (χ1) is 9.57. The van der Waals surface area contributed by atoms with Crippen LogP contribution in [0.5, 0.6) is 0 Å². The lowest BCUT2D eigenvalue weighted by molar-refractivity contribution is 0.389. The van der Waals surface area contributed by atoms with Gasteiger partial charge in [0.1, 0.15) is 0 Å². The molecular weight excluding hydrogens is 274 g/mol. The molecule has 1 saturated carbocycles. The highest BCUT2D eigenvalue weighted by Gasteiger charge is 2.36. The third kappa shape index (κ3) is 5.16. The molecule has 0 aromatic rings. The van der Waals surface area contributed by atoms with Crippen molar-refractivity contribution in [1.29, 1.82) is 0 Å². The summed E-state index contributed by atoms with van der Waals surface area (Å²) in [5.74, 6) is 0. The number of rotatable bonds is 8. The Labute approximate surface area is 130 Å². The van der Waals surface area contributed by atoms with E-state index in [0.29, 0.717) is 0 Å². The fourth-order valence-corrected chi connectivity index (χ4v) is 17.8. The van der Waals surface area contributed by atoms with Crippen LogP contribution in [0, 0.1) is 0 Å². The van der Waals surface area contributed by atoms with Crippen molar-refractivity contribution in [3.8, 4) is 0 Å². The molecule has 20 heavy (non-hydrogen) atoms. The number of hydrogen-bond acceptors (Lipinski definition) is 1. The van der Waals surface area contributed by atoms with Gasteiger partial charge in [-0.05, 0) is 32.9 Å². The smallest absolute Gasteiger partial charge is 0.0708 e. The zero-order valence-electron chi connectivity index (χ0n) is 14.6. The maximum absolute atomic E-state index is 3.99. The molecule has 1 nitrogen and oxygen atoms in total. The number of allylic oxidation sites excluding steroid dienone is 1. The fourth-order valence-electron chi connectivity index (χ4n) is 3.99. The third-order valence-electron chi connectivity index (χ3n) is 5.67. The predicted molar refractivity (Wildman–Crippen MR) is 98.7 cm³/mol. The van der Waals surface area contributed by atoms with Gasteiger partial charge < -0.3 is 5.32 Å². The highest BCUT2D eigenvalue weighted by molar-refractivity contribution is 7.35. The molecule has 1 atom stereocenters. The van der Waals surface area contributed by atoms with Crippen LogP contribution in [-0.2, 0) is 0 Å². The molecule has 0 aromatic carbocycles. The van der Waals surface area contributed by atoms with Gasteiger partial charge in [-0.25, -0.2) is 0 Å². The quantitative estimate of drug-likeness (QED) is 0.637. The molecule has 1 fully saturated rings. The van der Waals surface area contributed by atoms with Crippen molar-refractivity contribution in [2.75, 3.05) is 6.17 Å². The summed E-state index contributed by atoms with van der Waals surface area (Å²) in [6, 6.07) is 5.31. The lowest BCUT2D eigenvalue weighted by Crippen LogP contribution is -2.55. The van der Waals surface area contributed by atoms with E-state index in [1.54, 1.807) is 5.57 Å². The van der Waals surface area contributed by atoms with E-state index < -0.39 is 15.9 Å². The summed E-state index contributed by atoms with van der Waals surface area (Å²) in [6.45, 7) is 12.0. The summed E-state index contributed by atoms with van der Waals surface area (Å²) < 4.78 is 0. The normalized spacial score (nSPS) is 18.9. The van der Waals surface area contributed by atoms with Gasteiger partial charge in [0.2, 0.25) is 0 Å². The first-order valence-corrected chi connectivity index (χ1v) is 14.9. The minimum absolute atomic E-state index is 0.748. The van der Waals surface area contributed by atoms with Gasteiger partial charge in [-0.2, -0.15) is 0 Å². The molecular formula is C17H37NSi2. The van der Waals surface area contributed by atoms with E-state index >= 15 is 0 Å². The van der Waals surface area contributed by atoms with Crippen LogP contribution in [0.15, 0.2) is 11.3 Å².